The van der Waals surface area contributed by atoms with Gasteiger partial charge in [-0.2, -0.15) is 0 Å². The zero-order valence-corrected chi connectivity index (χ0v) is 12.7. The third kappa shape index (κ3) is 2.92. The van der Waals surface area contributed by atoms with Crippen LogP contribution in [0.5, 0.6) is 0 Å². The van der Waals surface area contributed by atoms with Crippen LogP contribution in [0.4, 0.5) is 4.39 Å². The number of halogens is 1. The van der Waals surface area contributed by atoms with Gasteiger partial charge in [-0.05, 0) is 18.2 Å². The van der Waals surface area contributed by atoms with Gasteiger partial charge in [-0.1, -0.05) is 0 Å². The number of nitrogens with one attached hydrogen (secondary N) is 1. The highest BCUT2D eigenvalue weighted by Gasteiger charge is 2.21. The normalized spacial score (nSPS) is 14.9. The van der Waals surface area contributed by atoms with Gasteiger partial charge in [0.15, 0.2) is 0 Å². The number of aromatic amines is 1. The highest BCUT2D eigenvalue weighted by atomic mass is 19.1. The number of hydrogen-bond acceptors (Lipinski definition) is 4. The molecule has 1 aliphatic rings. The van der Waals surface area contributed by atoms with E-state index in [1.54, 1.807) is 4.90 Å². The number of carbonyl (C=O) groups is 2. The molecule has 1 N–H and O–H groups in total. The van der Waals surface area contributed by atoms with Crippen LogP contribution in [-0.2, 0) is 16.1 Å². The van der Waals surface area contributed by atoms with Crippen molar-refractivity contribution >= 4 is 23.4 Å². The van der Waals surface area contributed by atoms with Crippen LogP contribution in [0.15, 0.2) is 27.8 Å². The first-order chi connectivity index (χ1) is 11.5. The summed E-state index contributed by atoms with van der Waals surface area (Å²) in [5, 5.41) is 0. The molecule has 0 spiro atoms. The molecule has 0 atom stereocenters. The van der Waals surface area contributed by atoms with Gasteiger partial charge in [0, 0.05) is 26.2 Å². The maximum Gasteiger partial charge on any atom is 0.317 e. The molecule has 1 aliphatic heterocycles. The van der Waals surface area contributed by atoms with Crippen LogP contribution in [0, 0.1) is 5.82 Å². The zero-order chi connectivity index (χ0) is 17.3. The van der Waals surface area contributed by atoms with Crippen LogP contribution in [-0.4, -0.2) is 57.8 Å². The lowest BCUT2D eigenvalue weighted by atomic mass is 10.2. The molecular formula is C15H15FN4O4. The van der Waals surface area contributed by atoms with Crippen LogP contribution in [0.1, 0.15) is 0 Å². The number of hydrogen-bond donors (Lipinski definition) is 1. The number of fused-ring (bicyclic) bond motifs is 1. The quantitative estimate of drug-likeness (QED) is 0.583. The van der Waals surface area contributed by atoms with Crippen molar-refractivity contribution in [2.24, 2.45) is 0 Å². The van der Waals surface area contributed by atoms with Crippen molar-refractivity contribution in [2.45, 2.75) is 6.54 Å². The summed E-state index contributed by atoms with van der Waals surface area (Å²) in [6.45, 7) is 1.26. The number of aromatic nitrogens is 2. The highest BCUT2D eigenvalue weighted by molar-refractivity contribution is 5.80. The van der Waals surface area contributed by atoms with Gasteiger partial charge in [0.05, 0.1) is 11.0 Å². The van der Waals surface area contributed by atoms with E-state index in [9.17, 15) is 23.6 Å². The Morgan fingerprint density at radius 2 is 1.92 bits per heavy atom. The Labute approximate surface area is 135 Å². The summed E-state index contributed by atoms with van der Waals surface area (Å²) < 4.78 is 14.4. The molecule has 1 saturated heterocycles. The van der Waals surface area contributed by atoms with E-state index in [-0.39, 0.29) is 23.5 Å². The van der Waals surface area contributed by atoms with Gasteiger partial charge in [-0.15, -0.1) is 0 Å². The minimum atomic E-state index is -0.910. The average Bonchev–Trinajstić information content (AvgIpc) is 2.58. The molecule has 0 aliphatic carbocycles. The summed E-state index contributed by atoms with van der Waals surface area (Å²) in [4.78, 5) is 52.3. The third-order valence-electron chi connectivity index (χ3n) is 4.05. The molecule has 0 saturated carbocycles. The Balaban J connectivity index is 1.91. The minimum Gasteiger partial charge on any atom is -0.342 e. The summed E-state index contributed by atoms with van der Waals surface area (Å²) in [7, 11) is 0. The SMILES string of the molecule is O=CN1CCN(C(=O)Cn2c(=O)c(=O)[nH]c3cc(F)ccc32)CC1. The van der Waals surface area contributed by atoms with Crippen LogP contribution < -0.4 is 11.1 Å². The Morgan fingerprint density at radius 1 is 1.21 bits per heavy atom. The van der Waals surface area contributed by atoms with Crippen molar-refractivity contribution < 1.29 is 14.0 Å². The fourth-order valence-corrected chi connectivity index (χ4v) is 2.72. The van der Waals surface area contributed by atoms with Gasteiger partial charge in [-0.3, -0.25) is 23.7 Å². The number of H-pyrrole nitrogens is 1. The van der Waals surface area contributed by atoms with Crippen molar-refractivity contribution in [3.05, 3.63) is 44.7 Å². The molecule has 8 nitrogen and oxygen atoms in total. The predicted molar refractivity (Wildman–Crippen MR) is 83.0 cm³/mol. The van der Waals surface area contributed by atoms with E-state index < -0.39 is 16.9 Å². The van der Waals surface area contributed by atoms with E-state index in [0.29, 0.717) is 26.2 Å². The summed E-state index contributed by atoms with van der Waals surface area (Å²) >= 11 is 0. The van der Waals surface area contributed by atoms with E-state index in [2.05, 4.69) is 4.98 Å². The minimum absolute atomic E-state index is 0.151. The van der Waals surface area contributed by atoms with Crippen molar-refractivity contribution in [1.29, 1.82) is 0 Å². The van der Waals surface area contributed by atoms with E-state index in [0.717, 1.165) is 23.1 Å². The number of rotatable bonds is 3. The van der Waals surface area contributed by atoms with E-state index in [1.165, 1.54) is 11.0 Å². The summed E-state index contributed by atoms with van der Waals surface area (Å²) in [5.41, 5.74) is -1.35. The van der Waals surface area contributed by atoms with E-state index in [4.69, 9.17) is 0 Å². The van der Waals surface area contributed by atoms with Crippen molar-refractivity contribution in [3.63, 3.8) is 0 Å². The summed E-state index contributed by atoms with van der Waals surface area (Å²) in [6, 6.07) is 3.60. The molecule has 126 valence electrons. The summed E-state index contributed by atoms with van der Waals surface area (Å²) in [5.74, 6) is -0.890. The van der Waals surface area contributed by atoms with Crippen LogP contribution >= 0.6 is 0 Å². The van der Waals surface area contributed by atoms with Gasteiger partial charge >= 0.3 is 11.1 Å². The monoisotopic (exact) mass is 334 g/mol. The zero-order valence-electron chi connectivity index (χ0n) is 12.7. The molecule has 9 heteroatoms. The maximum atomic E-state index is 13.3. The van der Waals surface area contributed by atoms with Crippen LogP contribution in [0.25, 0.3) is 11.0 Å². The van der Waals surface area contributed by atoms with Crippen LogP contribution in [0.2, 0.25) is 0 Å². The van der Waals surface area contributed by atoms with Gasteiger partial charge in [0.1, 0.15) is 12.4 Å². The molecule has 0 radical (unpaired) electrons. The molecule has 2 amide bonds. The number of nitrogens with zero attached hydrogens (tertiary/aromatic N) is 3. The standard InChI is InChI=1S/C15H15FN4O4/c16-10-1-2-12-11(7-10)17-14(23)15(24)20(12)8-13(22)19-5-3-18(9-21)4-6-19/h1-2,7,9H,3-6,8H2,(H,17,23). The van der Waals surface area contributed by atoms with Gasteiger partial charge in [-0.25, -0.2) is 4.39 Å². The second-order valence-electron chi connectivity index (χ2n) is 5.53. The largest absolute Gasteiger partial charge is 0.342 e. The maximum absolute atomic E-state index is 13.3. The summed E-state index contributed by atoms with van der Waals surface area (Å²) in [6.07, 6.45) is 0.727. The van der Waals surface area contributed by atoms with E-state index >= 15 is 0 Å². The Hall–Kier alpha value is -2.97. The smallest absolute Gasteiger partial charge is 0.317 e. The van der Waals surface area contributed by atoms with Gasteiger partial charge < -0.3 is 14.8 Å². The predicted octanol–water partition coefficient (Wildman–Crippen LogP) is -0.870. The molecule has 0 bridgehead atoms. The number of benzene rings is 1. The molecule has 0 unspecified atom stereocenters. The molecule has 2 heterocycles. The Kier molecular flexibility index (Phi) is 4.15. The lowest BCUT2D eigenvalue weighted by Gasteiger charge is -2.32. The molecule has 24 heavy (non-hydrogen) atoms. The van der Waals surface area contributed by atoms with E-state index in [1.807, 2.05) is 0 Å². The second kappa shape index (κ2) is 6.26. The first kappa shape index (κ1) is 15.9. The first-order valence-electron chi connectivity index (χ1n) is 7.39. The van der Waals surface area contributed by atoms with Gasteiger partial charge in [0.25, 0.3) is 0 Å². The number of amides is 2. The topological polar surface area (TPSA) is 95.5 Å². The van der Waals surface area contributed by atoms with Crippen molar-refractivity contribution in [1.82, 2.24) is 19.4 Å². The molecule has 1 fully saturated rings. The first-order valence-corrected chi connectivity index (χ1v) is 7.39. The average molecular weight is 334 g/mol. The fraction of sp³-hybridized carbons (Fsp3) is 0.333. The molecule has 1 aromatic carbocycles. The fourth-order valence-electron chi connectivity index (χ4n) is 2.72. The van der Waals surface area contributed by atoms with Crippen molar-refractivity contribution in [2.75, 3.05) is 26.2 Å². The van der Waals surface area contributed by atoms with Gasteiger partial charge in [0.2, 0.25) is 12.3 Å². The lowest BCUT2D eigenvalue weighted by molar-refractivity contribution is -0.135. The van der Waals surface area contributed by atoms with Crippen LogP contribution in [0.3, 0.4) is 0 Å². The third-order valence-corrected chi connectivity index (χ3v) is 4.05. The lowest BCUT2D eigenvalue weighted by Crippen LogP contribution is -2.50. The molecule has 1 aromatic heterocycles. The number of carbonyl (C=O) groups excluding carboxylic acids is 2. The second-order valence-corrected chi connectivity index (χ2v) is 5.53. The Morgan fingerprint density at radius 3 is 2.58 bits per heavy atom. The Bertz CT molecular complexity index is 912. The number of piperazine rings is 1. The highest BCUT2D eigenvalue weighted by Crippen LogP contribution is 2.11. The molecule has 2 aromatic rings. The van der Waals surface area contributed by atoms with Crippen molar-refractivity contribution in [3.8, 4) is 0 Å². The molecule has 3 rings (SSSR count). The molecular weight excluding hydrogens is 319 g/mol.